The highest BCUT2D eigenvalue weighted by molar-refractivity contribution is 5.71. The molecule has 0 spiro atoms. The third-order valence-corrected chi connectivity index (χ3v) is 5.51. The smallest absolute Gasteiger partial charge is 0.320 e. The number of carbonyl (C=O) groups is 1. The molecule has 1 aliphatic rings. The average Bonchev–Trinajstić information content (AvgIpc) is 2.73. The first-order valence-corrected chi connectivity index (χ1v) is 10.9. The number of hydrogen-bond donors (Lipinski definition) is 1. The SMILES string of the molecule is CCOC(=O)CN(C)Cc1ccc(OC[C@@H](O)CN(C)C2CCCCC2)c(OC)c1. The van der Waals surface area contributed by atoms with Gasteiger partial charge in [-0.1, -0.05) is 25.3 Å². The van der Waals surface area contributed by atoms with Gasteiger partial charge in [0.25, 0.3) is 0 Å². The summed E-state index contributed by atoms with van der Waals surface area (Å²) in [5.74, 6) is 0.984. The van der Waals surface area contributed by atoms with E-state index in [0.29, 0.717) is 37.2 Å². The molecule has 0 heterocycles. The zero-order valence-electron chi connectivity index (χ0n) is 18.9. The molecule has 1 fully saturated rings. The molecule has 2 rings (SSSR count). The number of methoxy groups -OCH3 is 1. The molecule has 0 aliphatic heterocycles. The zero-order valence-corrected chi connectivity index (χ0v) is 18.9. The first-order chi connectivity index (χ1) is 14.4. The Bertz CT molecular complexity index is 648. The summed E-state index contributed by atoms with van der Waals surface area (Å²) in [5, 5.41) is 10.4. The van der Waals surface area contributed by atoms with E-state index in [1.807, 2.05) is 30.1 Å². The lowest BCUT2D eigenvalue weighted by molar-refractivity contribution is -0.144. The number of aliphatic hydroxyl groups excluding tert-OH is 1. The Morgan fingerprint density at radius 3 is 2.60 bits per heavy atom. The van der Waals surface area contributed by atoms with Crippen LogP contribution in [0.25, 0.3) is 0 Å². The summed E-state index contributed by atoms with van der Waals surface area (Å²) in [6.07, 6.45) is 5.75. The van der Waals surface area contributed by atoms with Crippen LogP contribution in [0.2, 0.25) is 0 Å². The van der Waals surface area contributed by atoms with Crippen LogP contribution in [0.1, 0.15) is 44.6 Å². The molecule has 1 aromatic carbocycles. The molecule has 1 aromatic rings. The van der Waals surface area contributed by atoms with E-state index in [1.54, 1.807) is 14.0 Å². The van der Waals surface area contributed by atoms with Crippen molar-refractivity contribution in [2.24, 2.45) is 0 Å². The predicted octanol–water partition coefficient (Wildman–Crippen LogP) is 2.69. The van der Waals surface area contributed by atoms with Crippen LogP contribution in [0.15, 0.2) is 18.2 Å². The molecular formula is C23H38N2O5. The van der Waals surface area contributed by atoms with Crippen LogP contribution in [0, 0.1) is 0 Å². The van der Waals surface area contributed by atoms with E-state index in [0.717, 1.165) is 5.56 Å². The van der Waals surface area contributed by atoms with Crippen LogP contribution in [-0.2, 0) is 16.1 Å². The Balaban J connectivity index is 1.84. The summed E-state index contributed by atoms with van der Waals surface area (Å²) in [6, 6.07) is 6.26. The molecule has 0 aromatic heterocycles. The van der Waals surface area contributed by atoms with Crippen molar-refractivity contribution in [2.45, 2.75) is 57.7 Å². The fraction of sp³-hybridized carbons (Fsp3) is 0.696. The van der Waals surface area contributed by atoms with Crippen molar-refractivity contribution < 1.29 is 24.1 Å². The second-order valence-corrected chi connectivity index (χ2v) is 8.16. The van der Waals surface area contributed by atoms with E-state index in [-0.39, 0.29) is 19.1 Å². The average molecular weight is 423 g/mol. The lowest BCUT2D eigenvalue weighted by atomic mass is 9.94. The standard InChI is InChI=1S/C23H38N2O5/c1-5-29-23(27)16-24(2)14-18-11-12-21(22(13-18)28-4)30-17-20(26)15-25(3)19-9-7-6-8-10-19/h11-13,19-20,26H,5-10,14-17H2,1-4H3/t20-/m0/s1. The van der Waals surface area contributed by atoms with Gasteiger partial charge in [0.05, 0.1) is 20.3 Å². The van der Waals surface area contributed by atoms with Crippen molar-refractivity contribution in [1.82, 2.24) is 9.80 Å². The fourth-order valence-electron chi connectivity index (χ4n) is 3.97. The second-order valence-electron chi connectivity index (χ2n) is 8.16. The number of benzene rings is 1. The molecule has 0 radical (unpaired) electrons. The topological polar surface area (TPSA) is 71.5 Å². The fourth-order valence-corrected chi connectivity index (χ4v) is 3.97. The second kappa shape index (κ2) is 12.8. The van der Waals surface area contributed by atoms with Crippen LogP contribution in [0.4, 0.5) is 0 Å². The van der Waals surface area contributed by atoms with E-state index in [9.17, 15) is 9.90 Å². The van der Waals surface area contributed by atoms with Crippen LogP contribution in [0.3, 0.4) is 0 Å². The minimum Gasteiger partial charge on any atom is -0.493 e. The van der Waals surface area contributed by atoms with E-state index in [1.165, 1.54) is 32.1 Å². The first-order valence-electron chi connectivity index (χ1n) is 10.9. The maximum Gasteiger partial charge on any atom is 0.320 e. The number of likely N-dealkylation sites (N-methyl/N-ethyl adjacent to an activating group) is 2. The molecular weight excluding hydrogens is 384 g/mol. The largest absolute Gasteiger partial charge is 0.493 e. The van der Waals surface area contributed by atoms with Crippen molar-refractivity contribution in [2.75, 3.05) is 47.5 Å². The summed E-state index contributed by atoms with van der Waals surface area (Å²) >= 11 is 0. The summed E-state index contributed by atoms with van der Waals surface area (Å²) in [5.41, 5.74) is 1.00. The molecule has 30 heavy (non-hydrogen) atoms. The van der Waals surface area contributed by atoms with Gasteiger partial charge in [-0.15, -0.1) is 0 Å². The number of nitrogens with zero attached hydrogens (tertiary/aromatic N) is 2. The van der Waals surface area contributed by atoms with Gasteiger partial charge in [-0.25, -0.2) is 0 Å². The number of esters is 1. The first kappa shape index (κ1) is 24.4. The van der Waals surface area contributed by atoms with E-state index >= 15 is 0 Å². The van der Waals surface area contributed by atoms with Crippen molar-refractivity contribution in [1.29, 1.82) is 0 Å². The van der Waals surface area contributed by atoms with Crippen LogP contribution >= 0.6 is 0 Å². The van der Waals surface area contributed by atoms with Gasteiger partial charge in [0, 0.05) is 19.1 Å². The number of carbonyl (C=O) groups excluding carboxylic acids is 1. The maximum atomic E-state index is 11.6. The Hall–Kier alpha value is -1.83. The minimum atomic E-state index is -0.558. The maximum absolute atomic E-state index is 11.6. The van der Waals surface area contributed by atoms with Gasteiger partial charge in [-0.05, 0) is 51.6 Å². The molecule has 1 N–H and O–H groups in total. The Labute approximate surface area is 180 Å². The third-order valence-electron chi connectivity index (χ3n) is 5.51. The van der Waals surface area contributed by atoms with Gasteiger partial charge in [0.15, 0.2) is 11.5 Å². The normalized spacial score (nSPS) is 16.0. The van der Waals surface area contributed by atoms with Crippen molar-refractivity contribution in [3.05, 3.63) is 23.8 Å². The van der Waals surface area contributed by atoms with Gasteiger partial charge in [-0.3, -0.25) is 9.69 Å². The Morgan fingerprint density at radius 2 is 1.93 bits per heavy atom. The van der Waals surface area contributed by atoms with Gasteiger partial charge in [0.2, 0.25) is 0 Å². The van der Waals surface area contributed by atoms with Gasteiger partial charge < -0.3 is 24.2 Å². The highest BCUT2D eigenvalue weighted by Gasteiger charge is 2.20. The van der Waals surface area contributed by atoms with Crippen molar-refractivity contribution in [3.8, 4) is 11.5 Å². The summed E-state index contributed by atoms with van der Waals surface area (Å²) in [6.45, 7) is 3.82. The lowest BCUT2D eigenvalue weighted by Crippen LogP contribution is -2.40. The van der Waals surface area contributed by atoms with E-state index in [4.69, 9.17) is 14.2 Å². The molecule has 0 unspecified atom stereocenters. The van der Waals surface area contributed by atoms with Crippen LogP contribution in [0.5, 0.6) is 11.5 Å². The lowest BCUT2D eigenvalue weighted by Gasteiger charge is -2.32. The zero-order chi connectivity index (χ0) is 21.9. The number of rotatable bonds is 12. The highest BCUT2D eigenvalue weighted by Crippen LogP contribution is 2.29. The van der Waals surface area contributed by atoms with Gasteiger partial charge in [0.1, 0.15) is 12.7 Å². The van der Waals surface area contributed by atoms with Gasteiger partial charge >= 0.3 is 5.97 Å². The minimum absolute atomic E-state index is 0.218. The summed E-state index contributed by atoms with van der Waals surface area (Å²) in [7, 11) is 5.55. The molecule has 1 aliphatic carbocycles. The van der Waals surface area contributed by atoms with Crippen molar-refractivity contribution in [3.63, 3.8) is 0 Å². The van der Waals surface area contributed by atoms with Crippen LogP contribution < -0.4 is 9.47 Å². The quantitative estimate of drug-likeness (QED) is 0.519. The monoisotopic (exact) mass is 422 g/mol. The summed E-state index contributed by atoms with van der Waals surface area (Å²) < 4.78 is 16.3. The number of ether oxygens (including phenoxy) is 3. The predicted molar refractivity (Wildman–Crippen MR) is 117 cm³/mol. The highest BCUT2D eigenvalue weighted by atomic mass is 16.5. The van der Waals surface area contributed by atoms with Gasteiger partial charge in [-0.2, -0.15) is 0 Å². The van der Waals surface area contributed by atoms with E-state index in [2.05, 4.69) is 11.9 Å². The number of hydrogen-bond acceptors (Lipinski definition) is 7. The summed E-state index contributed by atoms with van der Waals surface area (Å²) in [4.78, 5) is 15.8. The van der Waals surface area contributed by atoms with Crippen molar-refractivity contribution >= 4 is 5.97 Å². The molecule has 1 saturated carbocycles. The Morgan fingerprint density at radius 1 is 1.20 bits per heavy atom. The van der Waals surface area contributed by atoms with E-state index < -0.39 is 6.10 Å². The molecule has 0 bridgehead atoms. The number of aliphatic hydroxyl groups is 1. The third kappa shape index (κ3) is 8.13. The molecule has 1 atom stereocenters. The Kier molecular flexibility index (Phi) is 10.4. The van der Waals surface area contributed by atoms with Crippen LogP contribution in [-0.4, -0.2) is 80.5 Å². The molecule has 7 heteroatoms. The molecule has 7 nitrogen and oxygen atoms in total. The molecule has 0 amide bonds. The molecule has 0 saturated heterocycles. The molecule has 170 valence electrons.